The average Bonchev–Trinajstić information content (AvgIpc) is 2.38. The summed E-state index contributed by atoms with van der Waals surface area (Å²) >= 11 is 0. The van der Waals surface area contributed by atoms with Crippen LogP contribution in [-0.2, 0) is 22.5 Å². The van der Waals surface area contributed by atoms with Crippen molar-refractivity contribution in [3.63, 3.8) is 0 Å². The third kappa shape index (κ3) is 3.73. The summed E-state index contributed by atoms with van der Waals surface area (Å²) < 4.78 is 30.6. The van der Waals surface area contributed by atoms with Gasteiger partial charge in [-0.1, -0.05) is 6.07 Å². The molecular formula is C13H14F2N2O2. The van der Waals surface area contributed by atoms with Crippen molar-refractivity contribution < 1.29 is 18.3 Å². The molecule has 6 heteroatoms. The van der Waals surface area contributed by atoms with E-state index in [2.05, 4.69) is 0 Å². The monoisotopic (exact) mass is 268 g/mol. The van der Waals surface area contributed by atoms with Gasteiger partial charge in [0.1, 0.15) is 0 Å². The second-order valence-corrected chi connectivity index (χ2v) is 3.81. The Kier molecular flexibility index (Phi) is 5.39. The van der Waals surface area contributed by atoms with Crippen LogP contribution in [0.2, 0.25) is 0 Å². The molecule has 0 aliphatic rings. The lowest BCUT2D eigenvalue weighted by Crippen LogP contribution is -2.11. The van der Waals surface area contributed by atoms with E-state index in [0.717, 1.165) is 6.07 Å². The quantitative estimate of drug-likeness (QED) is 0.829. The first-order valence-corrected chi connectivity index (χ1v) is 5.73. The Hall–Kier alpha value is -2.00. The SMILES string of the molecule is CCOC(=O)Cc1cc(CN)c(C#N)cc1C(F)F. The van der Waals surface area contributed by atoms with E-state index < -0.39 is 12.4 Å². The lowest BCUT2D eigenvalue weighted by molar-refractivity contribution is -0.142. The van der Waals surface area contributed by atoms with Crippen molar-refractivity contribution in [1.29, 1.82) is 5.26 Å². The number of benzene rings is 1. The molecular weight excluding hydrogens is 254 g/mol. The summed E-state index contributed by atoms with van der Waals surface area (Å²) in [7, 11) is 0. The summed E-state index contributed by atoms with van der Waals surface area (Å²) in [6.07, 6.45) is -3.02. The Bertz CT molecular complexity index is 510. The van der Waals surface area contributed by atoms with Gasteiger partial charge in [0.15, 0.2) is 0 Å². The fraction of sp³-hybridized carbons (Fsp3) is 0.385. The van der Waals surface area contributed by atoms with E-state index in [0.29, 0.717) is 5.56 Å². The largest absolute Gasteiger partial charge is 0.466 e. The number of halogens is 2. The smallest absolute Gasteiger partial charge is 0.310 e. The van der Waals surface area contributed by atoms with Crippen molar-refractivity contribution in [2.24, 2.45) is 5.73 Å². The number of esters is 1. The molecule has 0 saturated carbocycles. The standard InChI is InChI=1S/C13H14F2N2O2/c1-2-19-12(18)5-8-3-9(6-16)10(7-17)4-11(8)13(14)15/h3-4,13H,2,5-6,16H2,1H3. The summed E-state index contributed by atoms with van der Waals surface area (Å²) in [6.45, 7) is 1.86. The van der Waals surface area contributed by atoms with Gasteiger partial charge in [-0.2, -0.15) is 5.26 Å². The molecule has 0 atom stereocenters. The molecule has 0 aromatic heterocycles. The van der Waals surface area contributed by atoms with Gasteiger partial charge in [-0.15, -0.1) is 0 Å². The van der Waals surface area contributed by atoms with Crippen LogP contribution in [0.1, 0.15) is 35.6 Å². The zero-order valence-corrected chi connectivity index (χ0v) is 10.5. The zero-order chi connectivity index (χ0) is 14.4. The van der Waals surface area contributed by atoms with Crippen LogP contribution in [0, 0.1) is 11.3 Å². The van der Waals surface area contributed by atoms with Crippen LogP contribution in [0.15, 0.2) is 12.1 Å². The molecule has 1 rings (SSSR count). The van der Waals surface area contributed by atoms with Crippen LogP contribution in [0.4, 0.5) is 8.78 Å². The molecule has 0 bridgehead atoms. The van der Waals surface area contributed by atoms with E-state index in [1.54, 1.807) is 6.92 Å². The Labute approximate surface area is 109 Å². The number of rotatable bonds is 5. The predicted molar refractivity (Wildman–Crippen MR) is 64.3 cm³/mol. The number of hydrogen-bond donors (Lipinski definition) is 1. The summed E-state index contributed by atoms with van der Waals surface area (Å²) in [6, 6.07) is 4.27. The molecule has 0 fully saturated rings. The van der Waals surface area contributed by atoms with Gasteiger partial charge in [0.2, 0.25) is 0 Å². The molecule has 0 unspecified atom stereocenters. The number of hydrogen-bond acceptors (Lipinski definition) is 4. The molecule has 0 amide bonds. The molecule has 0 saturated heterocycles. The van der Waals surface area contributed by atoms with Crippen LogP contribution in [0.25, 0.3) is 0 Å². The maximum absolute atomic E-state index is 12.9. The molecule has 0 aliphatic carbocycles. The minimum atomic E-state index is -2.76. The Morgan fingerprint density at radius 3 is 2.63 bits per heavy atom. The topological polar surface area (TPSA) is 76.1 Å². The Morgan fingerprint density at radius 1 is 1.47 bits per heavy atom. The molecule has 102 valence electrons. The predicted octanol–water partition coefficient (Wildman–Crippen LogP) is 2.06. The summed E-state index contributed by atoms with van der Waals surface area (Å²) in [5.74, 6) is -0.586. The van der Waals surface area contributed by atoms with E-state index in [1.807, 2.05) is 6.07 Å². The van der Waals surface area contributed by atoms with Gasteiger partial charge in [0.25, 0.3) is 6.43 Å². The lowest BCUT2D eigenvalue weighted by Gasteiger charge is -2.12. The average molecular weight is 268 g/mol. The van der Waals surface area contributed by atoms with Crippen molar-refractivity contribution in [2.75, 3.05) is 6.61 Å². The van der Waals surface area contributed by atoms with Crippen LogP contribution >= 0.6 is 0 Å². The molecule has 0 radical (unpaired) electrons. The number of nitrogens with two attached hydrogens (primary N) is 1. The number of nitriles is 1. The third-order valence-corrected chi connectivity index (χ3v) is 2.58. The minimum Gasteiger partial charge on any atom is -0.466 e. The first kappa shape index (κ1) is 15.1. The summed E-state index contributed by atoms with van der Waals surface area (Å²) in [4.78, 5) is 11.4. The molecule has 0 spiro atoms. The maximum atomic E-state index is 12.9. The third-order valence-electron chi connectivity index (χ3n) is 2.58. The number of ether oxygens (including phenoxy) is 1. The molecule has 1 aromatic rings. The van der Waals surface area contributed by atoms with Crippen LogP contribution in [0.5, 0.6) is 0 Å². The molecule has 0 heterocycles. The molecule has 19 heavy (non-hydrogen) atoms. The highest BCUT2D eigenvalue weighted by molar-refractivity contribution is 5.73. The second-order valence-electron chi connectivity index (χ2n) is 3.81. The first-order valence-electron chi connectivity index (χ1n) is 5.73. The minimum absolute atomic E-state index is 0.0439. The Balaban J connectivity index is 3.20. The second kappa shape index (κ2) is 6.81. The van der Waals surface area contributed by atoms with Crippen molar-refractivity contribution in [1.82, 2.24) is 0 Å². The highest BCUT2D eigenvalue weighted by Crippen LogP contribution is 2.27. The molecule has 0 aliphatic heterocycles. The van der Waals surface area contributed by atoms with Crippen molar-refractivity contribution in [3.05, 3.63) is 34.4 Å². The van der Waals surface area contributed by atoms with E-state index in [4.69, 9.17) is 15.7 Å². The maximum Gasteiger partial charge on any atom is 0.310 e. The van der Waals surface area contributed by atoms with Crippen LogP contribution in [0.3, 0.4) is 0 Å². The van der Waals surface area contributed by atoms with Gasteiger partial charge in [-0.05, 0) is 24.1 Å². The molecule has 4 nitrogen and oxygen atoms in total. The number of alkyl halides is 2. The normalized spacial score (nSPS) is 10.3. The number of nitrogens with zero attached hydrogens (tertiary/aromatic N) is 1. The highest BCUT2D eigenvalue weighted by atomic mass is 19.3. The number of carbonyl (C=O) groups is 1. The van der Waals surface area contributed by atoms with E-state index in [1.165, 1.54) is 6.07 Å². The Morgan fingerprint density at radius 2 is 2.16 bits per heavy atom. The van der Waals surface area contributed by atoms with Gasteiger partial charge < -0.3 is 10.5 Å². The molecule has 2 N–H and O–H groups in total. The van der Waals surface area contributed by atoms with Crippen molar-refractivity contribution in [2.45, 2.75) is 26.3 Å². The van der Waals surface area contributed by atoms with Gasteiger partial charge in [0, 0.05) is 12.1 Å². The van der Waals surface area contributed by atoms with E-state index in [-0.39, 0.29) is 36.3 Å². The fourth-order valence-corrected chi connectivity index (χ4v) is 1.71. The molecule has 1 aromatic carbocycles. The van der Waals surface area contributed by atoms with Crippen molar-refractivity contribution >= 4 is 5.97 Å². The summed E-state index contributed by atoms with van der Waals surface area (Å²) in [5.41, 5.74) is 5.81. The zero-order valence-electron chi connectivity index (χ0n) is 10.5. The van der Waals surface area contributed by atoms with E-state index >= 15 is 0 Å². The fourth-order valence-electron chi connectivity index (χ4n) is 1.71. The van der Waals surface area contributed by atoms with Gasteiger partial charge in [0.05, 0.1) is 24.7 Å². The van der Waals surface area contributed by atoms with Gasteiger partial charge >= 0.3 is 5.97 Å². The lowest BCUT2D eigenvalue weighted by atomic mass is 9.97. The first-order chi connectivity index (χ1) is 9.03. The highest BCUT2D eigenvalue weighted by Gasteiger charge is 2.18. The van der Waals surface area contributed by atoms with E-state index in [9.17, 15) is 13.6 Å². The van der Waals surface area contributed by atoms with Crippen LogP contribution < -0.4 is 5.73 Å². The van der Waals surface area contributed by atoms with Crippen LogP contribution in [-0.4, -0.2) is 12.6 Å². The van der Waals surface area contributed by atoms with Crippen molar-refractivity contribution in [3.8, 4) is 6.07 Å². The number of carbonyl (C=O) groups excluding carboxylic acids is 1. The summed E-state index contributed by atoms with van der Waals surface area (Å²) in [5, 5.41) is 8.87. The van der Waals surface area contributed by atoms with Gasteiger partial charge in [-0.3, -0.25) is 4.79 Å². The van der Waals surface area contributed by atoms with Gasteiger partial charge in [-0.25, -0.2) is 8.78 Å².